The molecule has 0 radical (unpaired) electrons. The molecule has 1 heterocycles. The zero-order valence-electron chi connectivity index (χ0n) is 13.6. The van der Waals surface area contributed by atoms with Crippen molar-refractivity contribution in [2.75, 3.05) is 6.54 Å². The van der Waals surface area contributed by atoms with Crippen molar-refractivity contribution in [2.24, 2.45) is 5.73 Å². The van der Waals surface area contributed by atoms with E-state index in [0.717, 1.165) is 19.3 Å². The number of benzene rings is 1. The van der Waals surface area contributed by atoms with Crippen molar-refractivity contribution in [3.8, 4) is 0 Å². The lowest BCUT2D eigenvalue weighted by Gasteiger charge is -2.39. The van der Waals surface area contributed by atoms with Crippen molar-refractivity contribution < 1.29 is 9.59 Å². The van der Waals surface area contributed by atoms with Crippen molar-refractivity contribution in [1.82, 2.24) is 10.2 Å². The molecule has 3 unspecified atom stereocenters. The van der Waals surface area contributed by atoms with E-state index in [9.17, 15) is 9.59 Å². The fraction of sp³-hybridized carbons (Fsp3) is 0.529. The smallest absolute Gasteiger partial charge is 0.251 e. The third-order valence-electron chi connectivity index (χ3n) is 4.26. The highest BCUT2D eigenvalue weighted by Crippen LogP contribution is 2.20. The summed E-state index contributed by atoms with van der Waals surface area (Å²) in [5.41, 5.74) is 6.49. The molecule has 0 bridgehead atoms. The average Bonchev–Trinajstić information content (AvgIpc) is 2.54. The van der Waals surface area contributed by atoms with Gasteiger partial charge in [0.05, 0.1) is 0 Å². The zero-order valence-corrected chi connectivity index (χ0v) is 14.3. The van der Waals surface area contributed by atoms with Gasteiger partial charge in [-0.25, -0.2) is 0 Å². The SMILES string of the molecule is CC(NC(=O)c1ccc(Cl)cc1)C(=O)N1CCCCC1C(C)N. The van der Waals surface area contributed by atoms with Gasteiger partial charge in [0, 0.05) is 29.2 Å². The van der Waals surface area contributed by atoms with Gasteiger partial charge in [0.2, 0.25) is 5.91 Å². The van der Waals surface area contributed by atoms with Crippen LogP contribution in [0.4, 0.5) is 0 Å². The maximum atomic E-state index is 12.7. The summed E-state index contributed by atoms with van der Waals surface area (Å²) in [5, 5.41) is 3.33. The molecule has 2 rings (SSSR count). The van der Waals surface area contributed by atoms with E-state index < -0.39 is 6.04 Å². The molecule has 1 fully saturated rings. The maximum absolute atomic E-state index is 12.7. The molecule has 1 aromatic rings. The van der Waals surface area contributed by atoms with Gasteiger partial charge in [-0.2, -0.15) is 0 Å². The van der Waals surface area contributed by atoms with Crippen LogP contribution in [0.25, 0.3) is 0 Å². The lowest BCUT2D eigenvalue weighted by Crippen LogP contribution is -2.56. The van der Waals surface area contributed by atoms with Crippen molar-refractivity contribution in [2.45, 2.75) is 51.2 Å². The Kier molecular flexibility index (Phi) is 6.02. The number of amides is 2. The monoisotopic (exact) mass is 337 g/mol. The van der Waals surface area contributed by atoms with Crippen LogP contribution in [0.1, 0.15) is 43.5 Å². The molecule has 1 saturated heterocycles. The molecule has 23 heavy (non-hydrogen) atoms. The molecule has 0 aromatic heterocycles. The number of hydrogen-bond donors (Lipinski definition) is 2. The number of halogens is 1. The number of likely N-dealkylation sites (tertiary alicyclic amines) is 1. The van der Waals surface area contributed by atoms with Gasteiger partial charge in [0.15, 0.2) is 0 Å². The summed E-state index contributed by atoms with van der Waals surface area (Å²) in [5.74, 6) is -0.355. The Morgan fingerprint density at radius 1 is 1.26 bits per heavy atom. The highest BCUT2D eigenvalue weighted by Gasteiger charge is 2.32. The summed E-state index contributed by atoms with van der Waals surface area (Å²) in [6.07, 6.45) is 2.98. The molecule has 0 saturated carbocycles. The molecular formula is C17H24ClN3O2. The summed E-state index contributed by atoms with van der Waals surface area (Å²) >= 11 is 5.82. The van der Waals surface area contributed by atoms with Crippen molar-refractivity contribution in [3.05, 3.63) is 34.9 Å². The van der Waals surface area contributed by atoms with Crippen LogP contribution in [0.3, 0.4) is 0 Å². The van der Waals surface area contributed by atoms with Gasteiger partial charge in [-0.3, -0.25) is 9.59 Å². The number of carbonyl (C=O) groups is 2. The Labute approximate surface area is 142 Å². The van der Waals surface area contributed by atoms with E-state index in [4.69, 9.17) is 17.3 Å². The molecule has 2 amide bonds. The van der Waals surface area contributed by atoms with Gasteiger partial charge >= 0.3 is 0 Å². The van der Waals surface area contributed by atoms with E-state index in [2.05, 4.69) is 5.32 Å². The van der Waals surface area contributed by atoms with Gasteiger partial charge in [-0.05, 0) is 57.4 Å². The van der Waals surface area contributed by atoms with Crippen LogP contribution < -0.4 is 11.1 Å². The van der Waals surface area contributed by atoms with E-state index in [1.54, 1.807) is 31.2 Å². The van der Waals surface area contributed by atoms with E-state index in [-0.39, 0.29) is 23.9 Å². The standard InChI is InChI=1S/C17H24ClN3O2/c1-11(19)15-5-3-4-10-21(15)17(23)12(2)20-16(22)13-6-8-14(18)9-7-13/h6-9,11-12,15H,3-5,10,19H2,1-2H3,(H,20,22). The predicted molar refractivity (Wildman–Crippen MR) is 91.4 cm³/mol. The molecule has 0 spiro atoms. The van der Waals surface area contributed by atoms with Gasteiger partial charge in [-0.1, -0.05) is 11.6 Å². The topological polar surface area (TPSA) is 75.4 Å². The van der Waals surface area contributed by atoms with Crippen LogP contribution in [0.15, 0.2) is 24.3 Å². The highest BCUT2D eigenvalue weighted by molar-refractivity contribution is 6.30. The van der Waals surface area contributed by atoms with Crippen molar-refractivity contribution in [1.29, 1.82) is 0 Å². The Morgan fingerprint density at radius 3 is 2.52 bits per heavy atom. The molecule has 1 aliphatic heterocycles. The second kappa shape index (κ2) is 7.79. The molecule has 126 valence electrons. The van der Waals surface area contributed by atoms with Gasteiger partial charge < -0.3 is 16.0 Å². The van der Waals surface area contributed by atoms with Crippen LogP contribution in [-0.2, 0) is 4.79 Å². The number of nitrogens with two attached hydrogens (primary N) is 1. The minimum absolute atomic E-state index is 0.0473. The van der Waals surface area contributed by atoms with Crippen molar-refractivity contribution >= 4 is 23.4 Å². The maximum Gasteiger partial charge on any atom is 0.251 e. The molecule has 1 aromatic carbocycles. The van der Waals surface area contributed by atoms with Crippen LogP contribution in [0.2, 0.25) is 5.02 Å². The fourth-order valence-electron chi connectivity index (χ4n) is 2.97. The molecule has 0 aliphatic carbocycles. The summed E-state index contributed by atoms with van der Waals surface area (Å²) in [6.45, 7) is 4.34. The molecule has 6 heteroatoms. The van der Waals surface area contributed by atoms with E-state index in [0.29, 0.717) is 17.1 Å². The van der Waals surface area contributed by atoms with Gasteiger partial charge in [0.25, 0.3) is 5.91 Å². The number of hydrogen-bond acceptors (Lipinski definition) is 3. The second-order valence-corrected chi connectivity index (χ2v) is 6.59. The second-order valence-electron chi connectivity index (χ2n) is 6.16. The Hall–Kier alpha value is -1.59. The lowest BCUT2D eigenvalue weighted by atomic mass is 9.96. The van der Waals surface area contributed by atoms with Gasteiger partial charge in [0.1, 0.15) is 6.04 Å². The van der Waals surface area contributed by atoms with Crippen LogP contribution in [-0.4, -0.2) is 41.4 Å². The number of carbonyl (C=O) groups excluding carboxylic acids is 2. The van der Waals surface area contributed by atoms with Crippen LogP contribution in [0, 0.1) is 0 Å². The minimum atomic E-state index is -0.586. The number of rotatable bonds is 4. The van der Waals surface area contributed by atoms with E-state index in [1.165, 1.54) is 0 Å². The summed E-state index contributed by atoms with van der Waals surface area (Å²) in [7, 11) is 0. The van der Waals surface area contributed by atoms with Crippen LogP contribution >= 0.6 is 11.6 Å². The lowest BCUT2D eigenvalue weighted by molar-refractivity contribution is -0.137. The Balaban J connectivity index is 2.01. The Morgan fingerprint density at radius 2 is 1.91 bits per heavy atom. The predicted octanol–water partition coefficient (Wildman–Crippen LogP) is 2.19. The molecule has 3 atom stereocenters. The first-order chi connectivity index (χ1) is 10.9. The molecule has 3 N–H and O–H groups in total. The normalized spacial score (nSPS) is 20.7. The largest absolute Gasteiger partial charge is 0.341 e. The quantitative estimate of drug-likeness (QED) is 0.884. The number of piperidine rings is 1. The number of nitrogens with zero attached hydrogens (tertiary/aromatic N) is 1. The summed E-state index contributed by atoms with van der Waals surface area (Å²) in [4.78, 5) is 26.7. The average molecular weight is 338 g/mol. The summed E-state index contributed by atoms with van der Waals surface area (Å²) in [6, 6.07) is 5.97. The van der Waals surface area contributed by atoms with E-state index in [1.807, 2.05) is 11.8 Å². The van der Waals surface area contributed by atoms with Gasteiger partial charge in [-0.15, -0.1) is 0 Å². The first kappa shape index (κ1) is 17.8. The molecule has 5 nitrogen and oxygen atoms in total. The molecule has 1 aliphatic rings. The van der Waals surface area contributed by atoms with E-state index >= 15 is 0 Å². The molecular weight excluding hydrogens is 314 g/mol. The van der Waals surface area contributed by atoms with Crippen LogP contribution in [0.5, 0.6) is 0 Å². The number of nitrogens with one attached hydrogen (secondary N) is 1. The first-order valence-corrected chi connectivity index (χ1v) is 8.40. The first-order valence-electron chi connectivity index (χ1n) is 8.02. The highest BCUT2D eigenvalue weighted by atomic mass is 35.5. The Bertz CT molecular complexity index is 559. The summed E-state index contributed by atoms with van der Waals surface area (Å²) < 4.78 is 0. The third kappa shape index (κ3) is 4.45. The third-order valence-corrected chi connectivity index (χ3v) is 4.52. The minimum Gasteiger partial charge on any atom is -0.341 e. The zero-order chi connectivity index (χ0) is 17.0. The fourth-order valence-corrected chi connectivity index (χ4v) is 3.10. The van der Waals surface area contributed by atoms with Crippen molar-refractivity contribution in [3.63, 3.8) is 0 Å².